The van der Waals surface area contributed by atoms with E-state index in [0.717, 1.165) is 35.7 Å². The number of halogens is 1. The quantitative estimate of drug-likeness (QED) is 0.789. The average Bonchev–Trinajstić information content (AvgIpc) is 3.19. The third-order valence-electron chi connectivity index (χ3n) is 3.41. The Morgan fingerprint density at radius 1 is 1.28 bits per heavy atom. The van der Waals surface area contributed by atoms with Crippen molar-refractivity contribution < 1.29 is 0 Å². The minimum absolute atomic E-state index is 0.331. The molecule has 1 aliphatic rings. The van der Waals surface area contributed by atoms with Gasteiger partial charge in [0.2, 0.25) is 5.28 Å². The van der Waals surface area contributed by atoms with E-state index in [1.165, 1.54) is 12.8 Å². The van der Waals surface area contributed by atoms with Crippen LogP contribution in [-0.4, -0.2) is 23.1 Å². The summed E-state index contributed by atoms with van der Waals surface area (Å²) in [5.41, 5.74) is 0.918. The van der Waals surface area contributed by atoms with Gasteiger partial charge in [-0.2, -0.15) is 4.98 Å². The first-order chi connectivity index (χ1) is 8.78. The maximum absolute atomic E-state index is 6.03. The van der Waals surface area contributed by atoms with E-state index in [2.05, 4.69) is 27.9 Å². The van der Waals surface area contributed by atoms with E-state index in [-0.39, 0.29) is 0 Å². The van der Waals surface area contributed by atoms with Crippen molar-refractivity contribution in [3.05, 3.63) is 29.5 Å². The highest BCUT2D eigenvalue weighted by Crippen LogP contribution is 2.33. The van der Waals surface area contributed by atoms with Crippen LogP contribution >= 0.6 is 11.6 Å². The zero-order chi connectivity index (χ0) is 12.5. The van der Waals surface area contributed by atoms with Gasteiger partial charge in [0.05, 0.1) is 5.52 Å². The van der Waals surface area contributed by atoms with Crippen molar-refractivity contribution in [2.45, 2.75) is 19.8 Å². The Labute approximate surface area is 112 Å². The maximum atomic E-state index is 6.03. The number of rotatable bonds is 4. The van der Waals surface area contributed by atoms with Gasteiger partial charge in [-0.15, -0.1) is 0 Å². The highest BCUT2D eigenvalue weighted by Gasteiger charge is 2.25. The molecule has 0 N–H and O–H groups in total. The van der Waals surface area contributed by atoms with Crippen molar-refractivity contribution >= 4 is 28.3 Å². The fraction of sp³-hybridized carbons (Fsp3) is 0.429. The van der Waals surface area contributed by atoms with Crippen LogP contribution in [0.25, 0.3) is 10.9 Å². The molecule has 1 aliphatic carbocycles. The summed E-state index contributed by atoms with van der Waals surface area (Å²) in [5, 5.41) is 1.42. The smallest absolute Gasteiger partial charge is 0.224 e. The van der Waals surface area contributed by atoms with Crippen molar-refractivity contribution in [3.8, 4) is 0 Å². The Bertz CT molecular complexity index is 566. The van der Waals surface area contributed by atoms with E-state index < -0.39 is 0 Å². The lowest BCUT2D eigenvalue weighted by Gasteiger charge is -2.23. The molecule has 0 spiro atoms. The van der Waals surface area contributed by atoms with Crippen LogP contribution in [0.5, 0.6) is 0 Å². The molecule has 1 fully saturated rings. The Balaban J connectivity index is 2.07. The van der Waals surface area contributed by atoms with E-state index in [0.29, 0.717) is 5.28 Å². The second-order valence-corrected chi connectivity index (χ2v) is 5.15. The molecule has 3 rings (SSSR count). The van der Waals surface area contributed by atoms with Gasteiger partial charge in [0.1, 0.15) is 5.82 Å². The van der Waals surface area contributed by atoms with Gasteiger partial charge in [0.15, 0.2) is 0 Å². The zero-order valence-corrected chi connectivity index (χ0v) is 11.2. The molecule has 0 unspecified atom stereocenters. The average molecular weight is 262 g/mol. The molecule has 1 aromatic carbocycles. The molecule has 0 amide bonds. The second-order valence-electron chi connectivity index (χ2n) is 4.82. The monoisotopic (exact) mass is 261 g/mol. The van der Waals surface area contributed by atoms with Gasteiger partial charge >= 0.3 is 0 Å². The Morgan fingerprint density at radius 2 is 2.06 bits per heavy atom. The molecule has 0 atom stereocenters. The number of benzene rings is 1. The van der Waals surface area contributed by atoms with Crippen LogP contribution < -0.4 is 4.90 Å². The summed E-state index contributed by atoms with van der Waals surface area (Å²) in [6.07, 6.45) is 2.68. The molecule has 1 saturated carbocycles. The molecular formula is C14H16ClN3. The highest BCUT2D eigenvalue weighted by atomic mass is 35.5. The van der Waals surface area contributed by atoms with Crippen molar-refractivity contribution in [2.75, 3.05) is 18.0 Å². The fourth-order valence-corrected chi connectivity index (χ4v) is 2.42. The SMILES string of the molecule is CCN(CC1CC1)c1nc(Cl)nc2ccccc12. The number of aromatic nitrogens is 2. The predicted octanol–water partition coefficient (Wildman–Crippen LogP) is 3.52. The molecule has 2 aromatic rings. The third-order valence-corrected chi connectivity index (χ3v) is 3.58. The molecule has 0 bridgehead atoms. The summed E-state index contributed by atoms with van der Waals surface area (Å²) in [6.45, 7) is 4.19. The first-order valence-electron chi connectivity index (χ1n) is 6.45. The number of fused-ring (bicyclic) bond motifs is 1. The first kappa shape index (κ1) is 11.7. The number of para-hydroxylation sites is 1. The van der Waals surface area contributed by atoms with Gasteiger partial charge in [-0.1, -0.05) is 12.1 Å². The Morgan fingerprint density at radius 3 is 2.78 bits per heavy atom. The van der Waals surface area contributed by atoms with E-state index in [9.17, 15) is 0 Å². The van der Waals surface area contributed by atoms with Crippen molar-refractivity contribution in [3.63, 3.8) is 0 Å². The van der Waals surface area contributed by atoms with E-state index >= 15 is 0 Å². The summed E-state index contributed by atoms with van der Waals surface area (Å²) in [4.78, 5) is 11.0. The second kappa shape index (κ2) is 4.73. The van der Waals surface area contributed by atoms with Crippen molar-refractivity contribution in [1.29, 1.82) is 0 Å². The molecular weight excluding hydrogens is 246 g/mol. The van der Waals surface area contributed by atoms with Gasteiger partial charge in [-0.3, -0.25) is 0 Å². The van der Waals surface area contributed by atoms with Crippen molar-refractivity contribution in [2.24, 2.45) is 5.92 Å². The van der Waals surface area contributed by atoms with E-state index in [1.54, 1.807) is 0 Å². The lowest BCUT2D eigenvalue weighted by Crippen LogP contribution is -2.26. The van der Waals surface area contributed by atoms with Crippen LogP contribution in [-0.2, 0) is 0 Å². The molecule has 18 heavy (non-hydrogen) atoms. The summed E-state index contributed by atoms with van der Waals surface area (Å²) in [6, 6.07) is 8.05. The van der Waals surface area contributed by atoms with Crippen LogP contribution in [0.3, 0.4) is 0 Å². The van der Waals surface area contributed by atoms with Crippen LogP contribution in [0.1, 0.15) is 19.8 Å². The van der Waals surface area contributed by atoms with E-state index in [4.69, 9.17) is 11.6 Å². The lowest BCUT2D eigenvalue weighted by molar-refractivity contribution is 0.734. The van der Waals surface area contributed by atoms with Gasteiger partial charge in [0.25, 0.3) is 0 Å². The molecule has 4 heteroatoms. The molecule has 0 radical (unpaired) electrons. The summed E-state index contributed by atoms with van der Waals surface area (Å²) >= 11 is 6.03. The Kier molecular flexibility index (Phi) is 3.08. The maximum Gasteiger partial charge on any atom is 0.224 e. The highest BCUT2D eigenvalue weighted by molar-refractivity contribution is 6.28. The standard InChI is InChI=1S/C14H16ClN3/c1-2-18(9-10-7-8-10)13-11-5-3-4-6-12(11)16-14(15)17-13/h3-6,10H,2,7-9H2,1H3. The summed E-state index contributed by atoms with van der Waals surface area (Å²) in [7, 11) is 0. The molecule has 1 heterocycles. The van der Waals surface area contributed by atoms with Gasteiger partial charge in [-0.25, -0.2) is 4.98 Å². The fourth-order valence-electron chi connectivity index (χ4n) is 2.25. The Hall–Kier alpha value is -1.35. The molecule has 0 saturated heterocycles. The number of nitrogens with zero attached hydrogens (tertiary/aromatic N) is 3. The first-order valence-corrected chi connectivity index (χ1v) is 6.83. The summed E-state index contributed by atoms with van der Waals surface area (Å²) in [5.74, 6) is 1.80. The van der Waals surface area contributed by atoms with Gasteiger partial charge in [0, 0.05) is 18.5 Å². The van der Waals surface area contributed by atoms with Crippen LogP contribution in [0.15, 0.2) is 24.3 Å². The number of hydrogen-bond donors (Lipinski definition) is 0. The minimum atomic E-state index is 0.331. The molecule has 3 nitrogen and oxygen atoms in total. The zero-order valence-electron chi connectivity index (χ0n) is 10.4. The minimum Gasteiger partial charge on any atom is -0.356 e. The topological polar surface area (TPSA) is 29.0 Å². The largest absolute Gasteiger partial charge is 0.356 e. The molecule has 0 aliphatic heterocycles. The predicted molar refractivity (Wildman–Crippen MR) is 75.2 cm³/mol. The number of anilines is 1. The lowest BCUT2D eigenvalue weighted by atomic mass is 10.2. The third kappa shape index (κ3) is 2.27. The van der Waals surface area contributed by atoms with Crippen molar-refractivity contribution in [1.82, 2.24) is 9.97 Å². The number of hydrogen-bond acceptors (Lipinski definition) is 3. The van der Waals surface area contributed by atoms with Crippen LogP contribution in [0.4, 0.5) is 5.82 Å². The molecule has 94 valence electrons. The molecule has 1 aromatic heterocycles. The van der Waals surface area contributed by atoms with Crippen LogP contribution in [0, 0.1) is 5.92 Å². The normalized spacial score (nSPS) is 15.0. The van der Waals surface area contributed by atoms with Crippen LogP contribution in [0.2, 0.25) is 5.28 Å². The van der Waals surface area contributed by atoms with E-state index in [1.807, 2.05) is 18.2 Å². The van der Waals surface area contributed by atoms with Gasteiger partial charge in [-0.05, 0) is 49.4 Å². The summed E-state index contributed by atoms with van der Waals surface area (Å²) < 4.78 is 0. The van der Waals surface area contributed by atoms with Gasteiger partial charge < -0.3 is 4.90 Å².